The number of benzene rings is 2. The van der Waals surface area contributed by atoms with Crippen LogP contribution in [-0.4, -0.2) is 6.29 Å². The SMILES string of the molecule is Cc1cc(Oc2cc(F)ccc2C)ccc1C=O. The monoisotopic (exact) mass is 244 g/mol. The van der Waals surface area contributed by atoms with Gasteiger partial charge in [0, 0.05) is 11.6 Å². The highest BCUT2D eigenvalue weighted by molar-refractivity contribution is 5.77. The molecule has 0 fully saturated rings. The van der Waals surface area contributed by atoms with Crippen molar-refractivity contribution in [2.45, 2.75) is 13.8 Å². The fraction of sp³-hybridized carbons (Fsp3) is 0.133. The maximum Gasteiger partial charge on any atom is 0.150 e. The molecule has 92 valence electrons. The smallest absolute Gasteiger partial charge is 0.150 e. The minimum absolute atomic E-state index is 0.336. The summed E-state index contributed by atoms with van der Waals surface area (Å²) in [6.07, 6.45) is 0.798. The third-order valence-corrected chi connectivity index (χ3v) is 2.75. The third-order valence-electron chi connectivity index (χ3n) is 2.75. The number of hydrogen-bond donors (Lipinski definition) is 0. The van der Waals surface area contributed by atoms with Gasteiger partial charge in [-0.1, -0.05) is 6.07 Å². The van der Waals surface area contributed by atoms with Gasteiger partial charge in [0.2, 0.25) is 0 Å². The molecule has 0 bridgehead atoms. The van der Waals surface area contributed by atoms with Crippen LogP contribution in [0, 0.1) is 19.7 Å². The van der Waals surface area contributed by atoms with E-state index in [4.69, 9.17) is 4.74 Å². The third kappa shape index (κ3) is 2.56. The zero-order chi connectivity index (χ0) is 13.1. The van der Waals surface area contributed by atoms with Crippen molar-refractivity contribution in [1.82, 2.24) is 0 Å². The van der Waals surface area contributed by atoms with E-state index in [2.05, 4.69) is 0 Å². The van der Waals surface area contributed by atoms with Crippen LogP contribution in [0.4, 0.5) is 4.39 Å². The molecule has 0 saturated carbocycles. The Morgan fingerprint density at radius 3 is 2.50 bits per heavy atom. The van der Waals surface area contributed by atoms with Crippen LogP contribution in [0.5, 0.6) is 11.5 Å². The Labute approximate surface area is 105 Å². The first-order chi connectivity index (χ1) is 8.60. The molecule has 0 radical (unpaired) electrons. The molecule has 0 spiro atoms. The summed E-state index contributed by atoms with van der Waals surface area (Å²) in [4.78, 5) is 10.7. The molecular weight excluding hydrogens is 231 g/mol. The van der Waals surface area contributed by atoms with Gasteiger partial charge in [0.1, 0.15) is 23.6 Å². The minimum Gasteiger partial charge on any atom is -0.457 e. The number of carbonyl (C=O) groups is 1. The van der Waals surface area contributed by atoms with Gasteiger partial charge in [-0.3, -0.25) is 4.79 Å². The lowest BCUT2D eigenvalue weighted by molar-refractivity contribution is 0.112. The van der Waals surface area contributed by atoms with Crippen molar-refractivity contribution in [3.63, 3.8) is 0 Å². The van der Waals surface area contributed by atoms with Crippen LogP contribution < -0.4 is 4.74 Å². The van der Waals surface area contributed by atoms with Crippen LogP contribution in [0.2, 0.25) is 0 Å². The zero-order valence-electron chi connectivity index (χ0n) is 10.2. The lowest BCUT2D eigenvalue weighted by Gasteiger charge is -2.10. The molecule has 2 aromatic rings. The predicted octanol–water partition coefficient (Wildman–Crippen LogP) is 4.05. The molecule has 0 unspecified atom stereocenters. The van der Waals surface area contributed by atoms with Crippen LogP contribution >= 0.6 is 0 Å². The number of ether oxygens (including phenoxy) is 1. The molecule has 3 heteroatoms. The molecule has 0 aromatic heterocycles. The van der Waals surface area contributed by atoms with Gasteiger partial charge in [-0.15, -0.1) is 0 Å². The van der Waals surface area contributed by atoms with Crippen molar-refractivity contribution in [3.8, 4) is 11.5 Å². The van der Waals surface area contributed by atoms with Gasteiger partial charge in [0.15, 0.2) is 0 Å². The van der Waals surface area contributed by atoms with E-state index in [1.807, 2.05) is 13.8 Å². The highest BCUT2D eigenvalue weighted by Crippen LogP contribution is 2.26. The summed E-state index contributed by atoms with van der Waals surface area (Å²) in [6, 6.07) is 9.54. The van der Waals surface area contributed by atoms with Crippen LogP contribution in [0.3, 0.4) is 0 Å². The number of aldehydes is 1. The molecule has 0 aliphatic rings. The molecule has 0 aliphatic heterocycles. The Kier molecular flexibility index (Phi) is 3.42. The predicted molar refractivity (Wildman–Crippen MR) is 67.8 cm³/mol. The lowest BCUT2D eigenvalue weighted by Crippen LogP contribution is -1.91. The average Bonchev–Trinajstić information content (AvgIpc) is 2.34. The Morgan fingerprint density at radius 1 is 1.06 bits per heavy atom. The molecule has 0 atom stereocenters. The molecule has 0 saturated heterocycles. The number of hydrogen-bond acceptors (Lipinski definition) is 2. The topological polar surface area (TPSA) is 26.3 Å². The maximum atomic E-state index is 13.1. The van der Waals surface area contributed by atoms with E-state index in [-0.39, 0.29) is 5.82 Å². The quantitative estimate of drug-likeness (QED) is 0.761. The first-order valence-electron chi connectivity index (χ1n) is 5.60. The van der Waals surface area contributed by atoms with E-state index in [0.29, 0.717) is 17.1 Å². The summed E-state index contributed by atoms with van der Waals surface area (Å²) >= 11 is 0. The average molecular weight is 244 g/mol. The van der Waals surface area contributed by atoms with Crippen LogP contribution in [0.1, 0.15) is 21.5 Å². The van der Waals surface area contributed by atoms with E-state index < -0.39 is 0 Å². The van der Waals surface area contributed by atoms with Gasteiger partial charge in [-0.05, 0) is 49.2 Å². The Morgan fingerprint density at radius 2 is 1.83 bits per heavy atom. The van der Waals surface area contributed by atoms with E-state index in [1.165, 1.54) is 12.1 Å². The summed E-state index contributed by atoms with van der Waals surface area (Å²) in [5, 5.41) is 0. The second-order valence-electron chi connectivity index (χ2n) is 4.15. The van der Waals surface area contributed by atoms with Gasteiger partial charge in [0.25, 0.3) is 0 Å². The van der Waals surface area contributed by atoms with Gasteiger partial charge >= 0.3 is 0 Å². The molecule has 2 rings (SSSR count). The molecule has 0 aliphatic carbocycles. The second-order valence-corrected chi connectivity index (χ2v) is 4.15. The summed E-state index contributed by atoms with van der Waals surface area (Å²) in [5.74, 6) is 0.733. The molecule has 0 N–H and O–H groups in total. The van der Waals surface area contributed by atoms with Crippen molar-refractivity contribution < 1.29 is 13.9 Å². The summed E-state index contributed by atoms with van der Waals surface area (Å²) < 4.78 is 18.7. The van der Waals surface area contributed by atoms with E-state index in [1.54, 1.807) is 24.3 Å². The molecule has 0 heterocycles. The minimum atomic E-state index is -0.336. The Hall–Kier alpha value is -2.16. The zero-order valence-corrected chi connectivity index (χ0v) is 10.2. The van der Waals surface area contributed by atoms with Crippen LogP contribution in [0.15, 0.2) is 36.4 Å². The normalized spacial score (nSPS) is 10.2. The van der Waals surface area contributed by atoms with Crippen LogP contribution in [0.25, 0.3) is 0 Å². The van der Waals surface area contributed by atoms with E-state index >= 15 is 0 Å². The number of rotatable bonds is 3. The number of carbonyl (C=O) groups excluding carboxylic acids is 1. The van der Waals surface area contributed by atoms with E-state index in [0.717, 1.165) is 17.4 Å². The first kappa shape index (κ1) is 12.3. The highest BCUT2D eigenvalue weighted by atomic mass is 19.1. The number of halogens is 1. The second kappa shape index (κ2) is 5.00. The fourth-order valence-corrected chi connectivity index (χ4v) is 1.65. The lowest BCUT2D eigenvalue weighted by atomic mass is 10.1. The molecular formula is C15H13FO2. The molecule has 2 nitrogen and oxygen atoms in total. The molecule has 0 amide bonds. The summed E-state index contributed by atoms with van der Waals surface area (Å²) in [6.45, 7) is 3.68. The molecule has 18 heavy (non-hydrogen) atoms. The maximum absolute atomic E-state index is 13.1. The van der Waals surface area contributed by atoms with Gasteiger partial charge in [-0.25, -0.2) is 4.39 Å². The van der Waals surface area contributed by atoms with Gasteiger partial charge in [0.05, 0.1) is 0 Å². The standard InChI is InChI=1S/C15H13FO2/c1-10-3-5-13(16)8-15(10)18-14-6-4-12(9-17)11(2)7-14/h3-9H,1-2H3. The molecule has 2 aromatic carbocycles. The van der Waals surface area contributed by atoms with Gasteiger partial charge in [-0.2, -0.15) is 0 Å². The van der Waals surface area contributed by atoms with Crippen molar-refractivity contribution in [3.05, 3.63) is 58.9 Å². The van der Waals surface area contributed by atoms with Crippen molar-refractivity contribution in [2.24, 2.45) is 0 Å². The van der Waals surface area contributed by atoms with Crippen molar-refractivity contribution >= 4 is 6.29 Å². The van der Waals surface area contributed by atoms with E-state index in [9.17, 15) is 9.18 Å². The summed E-state index contributed by atoms with van der Waals surface area (Å²) in [5.41, 5.74) is 2.31. The van der Waals surface area contributed by atoms with Crippen LogP contribution in [-0.2, 0) is 0 Å². The van der Waals surface area contributed by atoms with Crippen molar-refractivity contribution in [1.29, 1.82) is 0 Å². The fourth-order valence-electron chi connectivity index (χ4n) is 1.65. The first-order valence-corrected chi connectivity index (χ1v) is 5.60. The summed E-state index contributed by atoms with van der Waals surface area (Å²) in [7, 11) is 0. The Balaban J connectivity index is 2.31. The van der Waals surface area contributed by atoms with Gasteiger partial charge < -0.3 is 4.74 Å². The number of aryl methyl sites for hydroxylation is 2. The van der Waals surface area contributed by atoms with Crippen molar-refractivity contribution in [2.75, 3.05) is 0 Å². The highest BCUT2D eigenvalue weighted by Gasteiger charge is 2.05. The largest absolute Gasteiger partial charge is 0.457 e. The Bertz CT molecular complexity index is 591.